The van der Waals surface area contributed by atoms with E-state index < -0.39 is 28.0 Å². The Bertz CT molecular complexity index is 738. The largest absolute Gasteiger partial charge is 0.478 e. The summed E-state index contributed by atoms with van der Waals surface area (Å²) < 4.78 is 14.5. The van der Waals surface area contributed by atoms with Crippen LogP contribution in [0.3, 0.4) is 0 Å². The van der Waals surface area contributed by atoms with Crippen molar-refractivity contribution in [1.29, 1.82) is 0 Å². The number of halogens is 2. The quantitative estimate of drug-likeness (QED) is 0.638. The predicted molar refractivity (Wildman–Crippen MR) is 78.3 cm³/mol. The lowest BCUT2D eigenvalue weighted by Gasteiger charge is -2.06. The number of hydrogen-bond acceptors (Lipinski definition) is 4. The van der Waals surface area contributed by atoms with Crippen molar-refractivity contribution in [2.24, 2.45) is 0 Å². The maximum absolute atomic E-state index is 13.7. The number of hydrogen-bond donors (Lipinski definition) is 1. The summed E-state index contributed by atoms with van der Waals surface area (Å²) in [5.41, 5.74) is -1.17. The van der Waals surface area contributed by atoms with Crippen molar-refractivity contribution in [2.75, 3.05) is 0 Å². The molecule has 2 rings (SSSR count). The van der Waals surface area contributed by atoms with Gasteiger partial charge < -0.3 is 5.11 Å². The smallest absolute Gasteiger partial charge is 0.338 e. The fraction of sp³-hybridized carbons (Fsp3) is 0. The van der Waals surface area contributed by atoms with E-state index >= 15 is 0 Å². The van der Waals surface area contributed by atoms with E-state index in [2.05, 4.69) is 15.9 Å². The number of carboxylic acid groups (broad SMARTS) is 1. The highest BCUT2D eigenvalue weighted by atomic mass is 79.9. The molecular formula is C13H7BrFNO4S. The maximum Gasteiger partial charge on any atom is 0.338 e. The molecule has 8 heteroatoms. The molecule has 2 aromatic rings. The second kappa shape index (κ2) is 6.23. The molecule has 0 atom stereocenters. The maximum atomic E-state index is 13.7. The summed E-state index contributed by atoms with van der Waals surface area (Å²) in [5, 5.41) is 19.8. The Morgan fingerprint density at radius 2 is 2.05 bits per heavy atom. The topological polar surface area (TPSA) is 80.4 Å². The van der Waals surface area contributed by atoms with Gasteiger partial charge in [0.25, 0.3) is 5.69 Å². The Hall–Kier alpha value is -1.93. The van der Waals surface area contributed by atoms with Crippen LogP contribution in [0.25, 0.3) is 0 Å². The van der Waals surface area contributed by atoms with Crippen LogP contribution in [0, 0.1) is 15.9 Å². The number of nitro benzene ring substituents is 1. The Morgan fingerprint density at radius 3 is 2.62 bits per heavy atom. The first kappa shape index (κ1) is 15.5. The second-order valence-corrected chi connectivity index (χ2v) is 5.95. The third-order valence-corrected chi connectivity index (χ3v) is 4.03. The van der Waals surface area contributed by atoms with Gasteiger partial charge in [-0.1, -0.05) is 33.8 Å². The molecule has 0 fully saturated rings. The zero-order valence-electron chi connectivity index (χ0n) is 10.2. The van der Waals surface area contributed by atoms with Gasteiger partial charge in [0.05, 0.1) is 9.82 Å². The number of rotatable bonds is 4. The first-order valence-electron chi connectivity index (χ1n) is 5.53. The van der Waals surface area contributed by atoms with Gasteiger partial charge >= 0.3 is 5.97 Å². The summed E-state index contributed by atoms with van der Waals surface area (Å²) in [4.78, 5) is 21.8. The molecule has 0 heterocycles. The molecule has 0 unspecified atom stereocenters. The average Bonchev–Trinajstić information content (AvgIpc) is 2.37. The van der Waals surface area contributed by atoms with Crippen LogP contribution >= 0.6 is 27.7 Å². The Morgan fingerprint density at radius 1 is 1.33 bits per heavy atom. The van der Waals surface area contributed by atoms with Crippen molar-refractivity contribution in [3.63, 3.8) is 0 Å². The molecule has 1 N–H and O–H groups in total. The minimum absolute atomic E-state index is 0.0422. The minimum Gasteiger partial charge on any atom is -0.478 e. The van der Waals surface area contributed by atoms with Gasteiger partial charge in [0.15, 0.2) is 0 Å². The third kappa shape index (κ3) is 3.59. The number of nitro groups is 1. The molecule has 2 aromatic carbocycles. The Labute approximate surface area is 131 Å². The van der Waals surface area contributed by atoms with E-state index in [1.165, 1.54) is 0 Å². The number of nitrogens with zero attached hydrogens (tertiary/aromatic N) is 1. The number of carboxylic acids is 1. The van der Waals surface area contributed by atoms with E-state index in [0.29, 0.717) is 4.90 Å². The van der Waals surface area contributed by atoms with Gasteiger partial charge in [-0.15, -0.1) is 0 Å². The summed E-state index contributed by atoms with van der Waals surface area (Å²) in [6.07, 6.45) is 0. The first-order chi connectivity index (χ1) is 9.88. The molecule has 0 saturated heterocycles. The normalized spacial score (nSPS) is 10.4. The number of carbonyl (C=O) groups is 1. The molecule has 0 aliphatic rings. The van der Waals surface area contributed by atoms with E-state index in [9.17, 15) is 19.3 Å². The van der Waals surface area contributed by atoms with Crippen molar-refractivity contribution < 1.29 is 19.2 Å². The highest BCUT2D eigenvalue weighted by Gasteiger charge is 2.22. The zero-order chi connectivity index (χ0) is 15.6. The van der Waals surface area contributed by atoms with E-state index in [0.717, 1.165) is 28.4 Å². The molecule has 0 aliphatic carbocycles. The Kier molecular flexibility index (Phi) is 4.59. The van der Waals surface area contributed by atoms with Gasteiger partial charge in [0.1, 0.15) is 11.4 Å². The molecule has 0 saturated carbocycles. The molecule has 0 bridgehead atoms. The zero-order valence-corrected chi connectivity index (χ0v) is 12.6. The summed E-state index contributed by atoms with van der Waals surface area (Å²) >= 11 is 4.26. The van der Waals surface area contributed by atoms with Gasteiger partial charge in [0.2, 0.25) is 0 Å². The highest BCUT2D eigenvalue weighted by molar-refractivity contribution is 9.10. The molecule has 108 valence electrons. The van der Waals surface area contributed by atoms with Crippen LogP contribution < -0.4 is 0 Å². The molecule has 0 amide bonds. The fourth-order valence-electron chi connectivity index (χ4n) is 1.59. The second-order valence-electron chi connectivity index (χ2n) is 3.92. The first-order valence-corrected chi connectivity index (χ1v) is 7.14. The van der Waals surface area contributed by atoms with Gasteiger partial charge in [-0.25, -0.2) is 9.18 Å². The number of benzene rings is 2. The van der Waals surface area contributed by atoms with E-state index in [4.69, 9.17) is 5.11 Å². The molecule has 5 nitrogen and oxygen atoms in total. The summed E-state index contributed by atoms with van der Waals surface area (Å²) in [7, 11) is 0. The molecular weight excluding hydrogens is 365 g/mol. The van der Waals surface area contributed by atoms with Crippen molar-refractivity contribution in [3.8, 4) is 0 Å². The molecule has 0 spiro atoms. The van der Waals surface area contributed by atoms with E-state index in [1.54, 1.807) is 24.3 Å². The predicted octanol–water partition coefficient (Wildman–Crippen LogP) is 4.35. The lowest BCUT2D eigenvalue weighted by Crippen LogP contribution is -2.03. The van der Waals surface area contributed by atoms with Gasteiger partial charge in [-0.3, -0.25) is 10.1 Å². The minimum atomic E-state index is -1.55. The van der Waals surface area contributed by atoms with Gasteiger partial charge in [0, 0.05) is 15.4 Å². The summed E-state index contributed by atoms with van der Waals surface area (Å²) in [6.45, 7) is 0. The highest BCUT2D eigenvalue weighted by Crippen LogP contribution is 2.37. The molecule has 0 aromatic heterocycles. The van der Waals surface area contributed by atoms with Crippen LogP contribution in [0.15, 0.2) is 50.7 Å². The molecule has 0 aliphatic heterocycles. The van der Waals surface area contributed by atoms with E-state index in [1.807, 2.05) is 0 Å². The van der Waals surface area contributed by atoms with Crippen LogP contribution in [-0.2, 0) is 0 Å². The van der Waals surface area contributed by atoms with Crippen molar-refractivity contribution in [2.45, 2.75) is 9.79 Å². The summed E-state index contributed by atoms with van der Waals surface area (Å²) in [6, 6.07) is 8.55. The van der Waals surface area contributed by atoms with Crippen LogP contribution in [-0.4, -0.2) is 16.0 Å². The van der Waals surface area contributed by atoms with Gasteiger partial charge in [-0.05, 0) is 24.3 Å². The van der Waals surface area contributed by atoms with Crippen LogP contribution in [0.2, 0.25) is 0 Å². The SMILES string of the molecule is O=C(O)c1cc([N+](=O)[O-])c(Sc2cccc(Br)c2)cc1F. The lowest BCUT2D eigenvalue weighted by atomic mass is 10.2. The molecule has 21 heavy (non-hydrogen) atoms. The van der Waals surface area contributed by atoms with Crippen molar-refractivity contribution >= 4 is 39.3 Å². The van der Waals surface area contributed by atoms with Crippen LogP contribution in [0.4, 0.5) is 10.1 Å². The van der Waals surface area contributed by atoms with Crippen molar-refractivity contribution in [3.05, 3.63) is 62.4 Å². The van der Waals surface area contributed by atoms with Crippen LogP contribution in [0.1, 0.15) is 10.4 Å². The molecule has 0 radical (unpaired) electrons. The standard InChI is InChI=1S/C13H7BrFNO4S/c14-7-2-1-3-8(4-7)21-12-6-10(15)9(13(17)18)5-11(12)16(19)20/h1-6H,(H,17,18). The Balaban J connectivity index is 2.50. The summed E-state index contributed by atoms with van der Waals surface area (Å²) in [5.74, 6) is -2.56. The van der Waals surface area contributed by atoms with Crippen molar-refractivity contribution in [1.82, 2.24) is 0 Å². The van der Waals surface area contributed by atoms with E-state index in [-0.39, 0.29) is 4.90 Å². The number of aromatic carboxylic acids is 1. The lowest BCUT2D eigenvalue weighted by molar-refractivity contribution is -0.387. The average molecular weight is 372 g/mol. The van der Waals surface area contributed by atoms with Gasteiger partial charge in [-0.2, -0.15) is 0 Å². The van der Waals surface area contributed by atoms with Crippen LogP contribution in [0.5, 0.6) is 0 Å². The fourth-order valence-corrected chi connectivity index (χ4v) is 3.13. The monoisotopic (exact) mass is 371 g/mol. The third-order valence-electron chi connectivity index (χ3n) is 2.50.